The fraction of sp³-hybridized carbons (Fsp3) is 0.200. The Morgan fingerprint density at radius 1 is 1.08 bits per heavy atom. The third-order valence-corrected chi connectivity index (χ3v) is 4.06. The van der Waals surface area contributed by atoms with E-state index in [2.05, 4.69) is 15.3 Å². The lowest BCUT2D eigenvalue weighted by Gasteiger charge is -2.20. The molecule has 6 heteroatoms. The van der Waals surface area contributed by atoms with Crippen LogP contribution in [0.2, 0.25) is 0 Å². The zero-order valence-corrected chi connectivity index (χ0v) is 14.6. The molecular weight excluding hydrogens is 328 g/mol. The van der Waals surface area contributed by atoms with Crippen molar-refractivity contribution in [1.29, 1.82) is 0 Å². The summed E-state index contributed by atoms with van der Waals surface area (Å²) in [5.74, 6) is -0.228. The van der Waals surface area contributed by atoms with Gasteiger partial charge in [-0.3, -0.25) is 19.6 Å². The number of fused-ring (bicyclic) bond motifs is 1. The van der Waals surface area contributed by atoms with Gasteiger partial charge in [-0.15, -0.1) is 0 Å². The van der Waals surface area contributed by atoms with Crippen LogP contribution in [0, 0.1) is 0 Å². The summed E-state index contributed by atoms with van der Waals surface area (Å²) in [7, 11) is 0. The van der Waals surface area contributed by atoms with Crippen LogP contribution in [0.1, 0.15) is 18.9 Å². The van der Waals surface area contributed by atoms with Crippen LogP contribution >= 0.6 is 0 Å². The van der Waals surface area contributed by atoms with E-state index in [1.165, 1.54) is 6.92 Å². The summed E-state index contributed by atoms with van der Waals surface area (Å²) in [6.07, 6.45) is 5.32. The molecular formula is C20H20N4O2. The number of rotatable bonds is 6. The maximum atomic E-state index is 12.3. The van der Waals surface area contributed by atoms with Gasteiger partial charge in [0.25, 0.3) is 0 Å². The van der Waals surface area contributed by atoms with Crippen molar-refractivity contribution in [2.75, 3.05) is 11.9 Å². The zero-order valence-electron chi connectivity index (χ0n) is 14.6. The molecule has 0 unspecified atom stereocenters. The highest BCUT2D eigenvalue weighted by Crippen LogP contribution is 2.20. The smallest absolute Gasteiger partial charge is 0.226 e. The van der Waals surface area contributed by atoms with Gasteiger partial charge in [-0.25, -0.2) is 0 Å². The molecule has 26 heavy (non-hydrogen) atoms. The van der Waals surface area contributed by atoms with Crippen LogP contribution in [0.3, 0.4) is 0 Å². The zero-order chi connectivity index (χ0) is 18.4. The Bertz CT molecular complexity index is 907. The molecule has 132 valence electrons. The molecule has 1 aromatic carbocycles. The van der Waals surface area contributed by atoms with Gasteiger partial charge in [-0.2, -0.15) is 0 Å². The fourth-order valence-corrected chi connectivity index (χ4v) is 2.71. The SMILES string of the molecule is CC(=O)N(CCC(=O)Nc1cccc2cccnc12)Cc1cccnc1. The number of benzene rings is 1. The number of nitrogens with zero attached hydrogens (tertiary/aromatic N) is 3. The van der Waals surface area contributed by atoms with Crippen LogP contribution in [-0.2, 0) is 16.1 Å². The second-order valence-electron chi connectivity index (χ2n) is 5.98. The molecule has 0 radical (unpaired) electrons. The molecule has 3 aromatic rings. The molecule has 0 aliphatic carbocycles. The number of hydrogen-bond acceptors (Lipinski definition) is 4. The van der Waals surface area contributed by atoms with E-state index in [9.17, 15) is 9.59 Å². The number of carbonyl (C=O) groups is 2. The van der Waals surface area contributed by atoms with Crippen molar-refractivity contribution in [2.24, 2.45) is 0 Å². The molecule has 0 spiro atoms. The van der Waals surface area contributed by atoms with Crippen LogP contribution in [0.4, 0.5) is 5.69 Å². The number of nitrogens with one attached hydrogen (secondary N) is 1. The van der Waals surface area contributed by atoms with Crippen molar-refractivity contribution in [3.8, 4) is 0 Å². The van der Waals surface area contributed by atoms with E-state index in [1.54, 1.807) is 23.5 Å². The highest BCUT2D eigenvalue weighted by atomic mass is 16.2. The number of para-hydroxylation sites is 1. The van der Waals surface area contributed by atoms with Gasteiger partial charge in [0, 0.05) is 50.4 Å². The number of carbonyl (C=O) groups excluding carboxylic acids is 2. The summed E-state index contributed by atoms with van der Waals surface area (Å²) in [5.41, 5.74) is 2.36. The topological polar surface area (TPSA) is 75.2 Å². The highest BCUT2D eigenvalue weighted by molar-refractivity contribution is 6.00. The molecule has 0 fully saturated rings. The van der Waals surface area contributed by atoms with E-state index >= 15 is 0 Å². The molecule has 0 atom stereocenters. The van der Waals surface area contributed by atoms with Crippen molar-refractivity contribution in [3.63, 3.8) is 0 Å². The van der Waals surface area contributed by atoms with Crippen LogP contribution in [0.15, 0.2) is 61.1 Å². The predicted octanol–water partition coefficient (Wildman–Crippen LogP) is 3.01. The van der Waals surface area contributed by atoms with Crippen molar-refractivity contribution >= 4 is 28.4 Å². The van der Waals surface area contributed by atoms with Gasteiger partial charge >= 0.3 is 0 Å². The first-order valence-electron chi connectivity index (χ1n) is 8.41. The van der Waals surface area contributed by atoms with Crippen molar-refractivity contribution in [2.45, 2.75) is 19.9 Å². The Morgan fingerprint density at radius 2 is 1.88 bits per heavy atom. The second kappa shape index (κ2) is 8.20. The normalized spacial score (nSPS) is 10.5. The minimum absolute atomic E-state index is 0.0755. The number of anilines is 1. The molecule has 2 amide bonds. The standard InChI is InChI=1S/C20H20N4O2/c1-15(25)24(14-16-5-3-10-21-13-16)12-9-19(26)23-18-8-2-6-17-7-4-11-22-20(17)18/h2-8,10-11,13H,9,12,14H2,1H3,(H,23,26). The van der Waals surface area contributed by atoms with Gasteiger partial charge in [0.15, 0.2) is 0 Å². The quantitative estimate of drug-likeness (QED) is 0.743. The van der Waals surface area contributed by atoms with Gasteiger partial charge in [0.05, 0.1) is 11.2 Å². The van der Waals surface area contributed by atoms with Crippen LogP contribution in [0.25, 0.3) is 10.9 Å². The van der Waals surface area contributed by atoms with Gasteiger partial charge in [-0.05, 0) is 23.8 Å². The lowest BCUT2D eigenvalue weighted by atomic mass is 10.2. The van der Waals surface area contributed by atoms with Gasteiger partial charge < -0.3 is 10.2 Å². The lowest BCUT2D eigenvalue weighted by Crippen LogP contribution is -2.31. The third kappa shape index (κ3) is 4.42. The molecule has 0 aliphatic rings. The molecule has 2 aromatic heterocycles. The third-order valence-electron chi connectivity index (χ3n) is 4.06. The molecule has 0 saturated heterocycles. The van der Waals surface area contributed by atoms with Gasteiger partial charge in [-0.1, -0.05) is 24.3 Å². The van der Waals surface area contributed by atoms with Crippen molar-refractivity contribution in [1.82, 2.24) is 14.9 Å². The van der Waals surface area contributed by atoms with E-state index in [4.69, 9.17) is 0 Å². The molecule has 0 saturated carbocycles. The molecule has 2 heterocycles. The monoisotopic (exact) mass is 348 g/mol. The molecule has 6 nitrogen and oxygen atoms in total. The Hall–Kier alpha value is -3.28. The second-order valence-corrected chi connectivity index (χ2v) is 5.98. The van der Waals surface area contributed by atoms with Gasteiger partial charge in [0.2, 0.25) is 11.8 Å². The minimum Gasteiger partial charge on any atom is -0.338 e. The van der Waals surface area contributed by atoms with E-state index in [-0.39, 0.29) is 18.2 Å². The number of amides is 2. The van der Waals surface area contributed by atoms with E-state index < -0.39 is 0 Å². The van der Waals surface area contributed by atoms with E-state index in [0.29, 0.717) is 18.8 Å². The molecule has 3 rings (SSSR count). The maximum absolute atomic E-state index is 12.3. The van der Waals surface area contributed by atoms with Crippen LogP contribution in [0.5, 0.6) is 0 Å². The minimum atomic E-state index is -0.152. The largest absolute Gasteiger partial charge is 0.338 e. The van der Waals surface area contributed by atoms with Crippen LogP contribution < -0.4 is 5.32 Å². The summed E-state index contributed by atoms with van der Waals surface area (Å²) in [6, 6.07) is 13.2. The molecule has 1 N–H and O–H groups in total. The summed E-state index contributed by atoms with van der Waals surface area (Å²) in [4.78, 5) is 34.2. The molecule has 0 aliphatic heterocycles. The lowest BCUT2D eigenvalue weighted by molar-refractivity contribution is -0.129. The average Bonchev–Trinajstić information content (AvgIpc) is 2.66. The Kier molecular flexibility index (Phi) is 5.53. The van der Waals surface area contributed by atoms with E-state index in [0.717, 1.165) is 16.5 Å². The average molecular weight is 348 g/mol. The summed E-state index contributed by atoms with van der Waals surface area (Å²) >= 11 is 0. The molecule has 0 bridgehead atoms. The number of aromatic nitrogens is 2. The first-order chi connectivity index (χ1) is 12.6. The summed E-state index contributed by atoms with van der Waals surface area (Å²) in [5, 5.41) is 3.86. The number of pyridine rings is 2. The predicted molar refractivity (Wildman–Crippen MR) is 100 cm³/mol. The highest BCUT2D eigenvalue weighted by Gasteiger charge is 2.13. The van der Waals surface area contributed by atoms with Gasteiger partial charge in [0.1, 0.15) is 0 Å². The van der Waals surface area contributed by atoms with Crippen molar-refractivity contribution < 1.29 is 9.59 Å². The fourth-order valence-electron chi connectivity index (χ4n) is 2.71. The summed E-state index contributed by atoms with van der Waals surface area (Å²) < 4.78 is 0. The Balaban J connectivity index is 1.62. The first-order valence-corrected chi connectivity index (χ1v) is 8.41. The Labute approximate surface area is 151 Å². The first kappa shape index (κ1) is 17.5. The Morgan fingerprint density at radius 3 is 2.65 bits per heavy atom. The number of hydrogen-bond donors (Lipinski definition) is 1. The van der Waals surface area contributed by atoms with Crippen molar-refractivity contribution in [3.05, 3.63) is 66.6 Å². The summed E-state index contributed by atoms with van der Waals surface area (Å²) in [6.45, 7) is 2.28. The maximum Gasteiger partial charge on any atom is 0.226 e. The van der Waals surface area contributed by atoms with Crippen LogP contribution in [-0.4, -0.2) is 33.2 Å². The van der Waals surface area contributed by atoms with E-state index in [1.807, 2.05) is 42.5 Å².